The van der Waals surface area contributed by atoms with Crippen LogP contribution in [0.25, 0.3) is 33.4 Å². The minimum absolute atomic E-state index is 0.266. The van der Waals surface area contributed by atoms with E-state index in [1.807, 2.05) is 79.8 Å². The lowest BCUT2D eigenvalue weighted by Crippen LogP contribution is -2.13. The Labute approximate surface area is 179 Å². The number of amides is 1. The standard InChI is InChI=1S/C25H21N3O3/c1-28-21-9-5-4-8-20(21)27-24(28)16-11-13-17(14-12-16)26-25(29)23-19(15-30-2)18-7-3-6-10-22(18)31-23/h3-14H,15H2,1-2H3,(H,26,29). The number of fused-ring (bicyclic) bond motifs is 2. The van der Waals surface area contributed by atoms with Crippen molar-refractivity contribution in [2.45, 2.75) is 6.61 Å². The summed E-state index contributed by atoms with van der Waals surface area (Å²) in [6, 6.07) is 23.2. The molecule has 0 saturated heterocycles. The maximum Gasteiger partial charge on any atom is 0.291 e. The van der Waals surface area contributed by atoms with Crippen LogP contribution in [0.1, 0.15) is 16.1 Å². The number of para-hydroxylation sites is 3. The highest BCUT2D eigenvalue weighted by atomic mass is 16.5. The van der Waals surface area contributed by atoms with Gasteiger partial charge in [0.05, 0.1) is 17.6 Å². The number of hydrogen-bond donors (Lipinski definition) is 1. The number of hydrogen-bond acceptors (Lipinski definition) is 4. The number of aromatic nitrogens is 2. The second kappa shape index (κ2) is 7.74. The number of benzene rings is 3. The van der Waals surface area contributed by atoms with E-state index in [4.69, 9.17) is 14.1 Å². The van der Waals surface area contributed by atoms with Gasteiger partial charge in [0.15, 0.2) is 5.76 Å². The average Bonchev–Trinajstić information content (AvgIpc) is 3.33. The third-order valence-corrected chi connectivity index (χ3v) is 5.38. The first-order valence-electron chi connectivity index (χ1n) is 9.98. The van der Waals surface area contributed by atoms with E-state index in [2.05, 4.69) is 9.88 Å². The molecule has 154 valence electrons. The Morgan fingerprint density at radius 3 is 2.55 bits per heavy atom. The van der Waals surface area contributed by atoms with E-state index < -0.39 is 0 Å². The summed E-state index contributed by atoms with van der Waals surface area (Å²) < 4.78 is 13.2. The third-order valence-electron chi connectivity index (χ3n) is 5.38. The summed E-state index contributed by atoms with van der Waals surface area (Å²) in [5.41, 5.74) is 5.08. The van der Waals surface area contributed by atoms with Crippen molar-refractivity contribution in [3.05, 3.63) is 84.1 Å². The molecule has 0 aliphatic rings. The Morgan fingerprint density at radius 2 is 1.77 bits per heavy atom. The van der Waals surface area contributed by atoms with Gasteiger partial charge in [-0.2, -0.15) is 0 Å². The zero-order chi connectivity index (χ0) is 21.4. The molecule has 31 heavy (non-hydrogen) atoms. The van der Waals surface area contributed by atoms with Crippen LogP contribution in [0.4, 0.5) is 5.69 Å². The average molecular weight is 411 g/mol. The summed E-state index contributed by atoms with van der Waals surface area (Å²) in [6.45, 7) is 0.297. The highest BCUT2D eigenvalue weighted by molar-refractivity contribution is 6.06. The number of furan rings is 1. The second-order valence-electron chi connectivity index (χ2n) is 7.35. The van der Waals surface area contributed by atoms with Gasteiger partial charge in [0.25, 0.3) is 5.91 Å². The van der Waals surface area contributed by atoms with Gasteiger partial charge in [-0.05, 0) is 42.5 Å². The van der Waals surface area contributed by atoms with Gasteiger partial charge in [-0.15, -0.1) is 0 Å². The van der Waals surface area contributed by atoms with Gasteiger partial charge in [-0.1, -0.05) is 30.3 Å². The van der Waals surface area contributed by atoms with Gasteiger partial charge in [0, 0.05) is 36.4 Å². The van der Waals surface area contributed by atoms with Gasteiger partial charge in [0.2, 0.25) is 0 Å². The first kappa shape index (κ1) is 19.1. The molecule has 5 rings (SSSR count). The molecular weight excluding hydrogens is 390 g/mol. The van der Waals surface area contributed by atoms with E-state index in [1.165, 1.54) is 0 Å². The Morgan fingerprint density at radius 1 is 1.03 bits per heavy atom. The van der Waals surface area contributed by atoms with Crippen molar-refractivity contribution >= 4 is 33.6 Å². The highest BCUT2D eigenvalue weighted by Gasteiger charge is 2.20. The molecule has 0 unspecified atom stereocenters. The van der Waals surface area contributed by atoms with Crippen molar-refractivity contribution in [1.29, 1.82) is 0 Å². The number of methoxy groups -OCH3 is 1. The molecule has 1 amide bonds. The van der Waals surface area contributed by atoms with Crippen LogP contribution < -0.4 is 5.32 Å². The number of carbonyl (C=O) groups excluding carboxylic acids is 1. The SMILES string of the molecule is COCc1c(C(=O)Nc2ccc(-c3nc4ccccc4n3C)cc2)oc2ccccc12. The fraction of sp³-hybridized carbons (Fsp3) is 0.120. The van der Waals surface area contributed by atoms with Crippen LogP contribution in [0.3, 0.4) is 0 Å². The lowest BCUT2D eigenvalue weighted by Gasteiger charge is -2.07. The fourth-order valence-corrected chi connectivity index (χ4v) is 3.86. The number of imidazole rings is 1. The predicted octanol–water partition coefficient (Wildman–Crippen LogP) is 5.39. The van der Waals surface area contributed by atoms with Gasteiger partial charge < -0.3 is 19.0 Å². The lowest BCUT2D eigenvalue weighted by molar-refractivity contribution is 0.0992. The van der Waals surface area contributed by atoms with Gasteiger partial charge in [-0.25, -0.2) is 4.98 Å². The molecule has 5 aromatic rings. The molecule has 0 fully saturated rings. The molecule has 2 aromatic heterocycles. The van der Waals surface area contributed by atoms with E-state index >= 15 is 0 Å². The molecule has 3 aromatic carbocycles. The summed E-state index contributed by atoms with van der Waals surface area (Å²) in [5, 5.41) is 3.80. The van der Waals surface area contributed by atoms with E-state index in [1.54, 1.807) is 7.11 Å². The van der Waals surface area contributed by atoms with Crippen molar-refractivity contribution in [3.8, 4) is 11.4 Å². The lowest BCUT2D eigenvalue weighted by atomic mass is 10.1. The molecular formula is C25H21N3O3. The van der Waals surface area contributed by atoms with Crippen molar-refractivity contribution in [2.75, 3.05) is 12.4 Å². The third kappa shape index (κ3) is 3.37. The highest BCUT2D eigenvalue weighted by Crippen LogP contribution is 2.28. The van der Waals surface area contributed by atoms with Crippen LogP contribution in [0.15, 0.2) is 77.2 Å². The second-order valence-corrected chi connectivity index (χ2v) is 7.35. The zero-order valence-corrected chi connectivity index (χ0v) is 17.3. The minimum Gasteiger partial charge on any atom is -0.451 e. The molecule has 0 aliphatic heterocycles. The summed E-state index contributed by atoms with van der Waals surface area (Å²) in [5.74, 6) is 0.833. The summed E-state index contributed by atoms with van der Waals surface area (Å²) >= 11 is 0. The smallest absolute Gasteiger partial charge is 0.291 e. The maximum absolute atomic E-state index is 12.9. The fourth-order valence-electron chi connectivity index (χ4n) is 3.86. The molecule has 6 nitrogen and oxygen atoms in total. The molecule has 0 saturated carbocycles. The first-order valence-corrected chi connectivity index (χ1v) is 9.98. The molecule has 0 radical (unpaired) electrons. The van der Waals surface area contributed by atoms with Crippen LogP contribution in [0.5, 0.6) is 0 Å². The predicted molar refractivity (Wildman–Crippen MR) is 121 cm³/mol. The number of nitrogens with zero attached hydrogens (tertiary/aromatic N) is 2. The van der Waals surface area contributed by atoms with E-state index in [0.29, 0.717) is 17.9 Å². The number of carbonyl (C=O) groups is 1. The van der Waals surface area contributed by atoms with Gasteiger partial charge in [-0.3, -0.25) is 4.79 Å². The molecule has 6 heteroatoms. The van der Waals surface area contributed by atoms with Gasteiger partial charge >= 0.3 is 0 Å². The largest absolute Gasteiger partial charge is 0.451 e. The normalized spacial score (nSPS) is 11.3. The summed E-state index contributed by atoms with van der Waals surface area (Å²) in [6.07, 6.45) is 0. The molecule has 2 heterocycles. The Hall–Kier alpha value is -3.90. The van der Waals surface area contributed by atoms with E-state index in [-0.39, 0.29) is 11.7 Å². The van der Waals surface area contributed by atoms with Crippen molar-refractivity contribution in [3.63, 3.8) is 0 Å². The number of rotatable bonds is 5. The molecule has 1 N–H and O–H groups in total. The van der Waals surface area contributed by atoms with Crippen molar-refractivity contribution in [2.24, 2.45) is 7.05 Å². The summed E-state index contributed by atoms with van der Waals surface area (Å²) in [7, 11) is 3.60. The number of anilines is 1. The number of ether oxygens (including phenoxy) is 1. The maximum atomic E-state index is 12.9. The first-order chi connectivity index (χ1) is 15.2. The minimum atomic E-state index is -0.307. The summed E-state index contributed by atoms with van der Waals surface area (Å²) in [4.78, 5) is 17.7. The zero-order valence-electron chi connectivity index (χ0n) is 17.3. The monoisotopic (exact) mass is 411 g/mol. The van der Waals surface area contributed by atoms with Crippen LogP contribution in [0, 0.1) is 0 Å². The van der Waals surface area contributed by atoms with E-state index in [0.717, 1.165) is 33.4 Å². The van der Waals surface area contributed by atoms with Crippen LogP contribution in [-0.4, -0.2) is 22.6 Å². The van der Waals surface area contributed by atoms with Crippen LogP contribution >= 0.6 is 0 Å². The van der Waals surface area contributed by atoms with Crippen molar-refractivity contribution in [1.82, 2.24) is 9.55 Å². The molecule has 0 bridgehead atoms. The van der Waals surface area contributed by atoms with Crippen molar-refractivity contribution < 1.29 is 13.9 Å². The van der Waals surface area contributed by atoms with Crippen LogP contribution in [-0.2, 0) is 18.4 Å². The van der Waals surface area contributed by atoms with Gasteiger partial charge in [0.1, 0.15) is 11.4 Å². The molecule has 0 spiro atoms. The Bertz CT molecular complexity index is 1400. The number of nitrogens with one attached hydrogen (secondary N) is 1. The Kier molecular flexibility index (Phi) is 4.76. The number of aryl methyl sites for hydroxylation is 1. The van der Waals surface area contributed by atoms with Crippen LogP contribution in [0.2, 0.25) is 0 Å². The topological polar surface area (TPSA) is 69.3 Å². The Balaban J connectivity index is 1.42. The quantitative estimate of drug-likeness (QED) is 0.421. The molecule has 0 aliphatic carbocycles. The molecule has 0 atom stereocenters. The van der Waals surface area contributed by atoms with E-state index in [9.17, 15) is 4.79 Å².